The van der Waals surface area contributed by atoms with Crippen LogP contribution in [0.4, 0.5) is 30.5 Å². The van der Waals surface area contributed by atoms with Crippen molar-refractivity contribution in [3.8, 4) is 5.75 Å². The summed E-state index contributed by atoms with van der Waals surface area (Å²) in [6.07, 6.45) is -2.78. The van der Waals surface area contributed by atoms with Gasteiger partial charge in [0.05, 0.1) is 29.8 Å². The molecule has 0 unspecified atom stereocenters. The lowest BCUT2D eigenvalue weighted by atomic mass is 10.2. The van der Waals surface area contributed by atoms with Crippen LogP contribution in [0.15, 0.2) is 28.3 Å². The van der Waals surface area contributed by atoms with Gasteiger partial charge >= 0.3 is 6.18 Å². The number of ether oxygens (including phenoxy) is 1. The molecule has 2 aromatic rings. The molecule has 0 aliphatic heterocycles. The average Bonchev–Trinajstić information content (AvgIpc) is 2.61. The molecule has 1 heterocycles. The quantitative estimate of drug-likeness (QED) is 0.483. The van der Waals surface area contributed by atoms with Crippen molar-refractivity contribution >= 4 is 46.8 Å². The molecule has 7 nitrogen and oxygen atoms in total. The van der Waals surface area contributed by atoms with E-state index in [4.69, 9.17) is 16.2 Å². The fourth-order valence-corrected chi connectivity index (χ4v) is 3.33. The SMILES string of the molecule is COc1ccc(C(F)(F)F)cc1NC(=O)CSc1nc(N)nc(SC)c1N. The number of methoxy groups -OCH3 is 1. The van der Waals surface area contributed by atoms with Gasteiger partial charge < -0.3 is 21.5 Å². The summed E-state index contributed by atoms with van der Waals surface area (Å²) in [6, 6.07) is 2.82. The van der Waals surface area contributed by atoms with Gasteiger partial charge in [-0.1, -0.05) is 11.8 Å². The fraction of sp³-hybridized carbons (Fsp3) is 0.267. The Labute approximate surface area is 161 Å². The van der Waals surface area contributed by atoms with Crippen LogP contribution in [0.3, 0.4) is 0 Å². The maximum Gasteiger partial charge on any atom is 0.416 e. The number of carbonyl (C=O) groups excluding carboxylic acids is 1. The Balaban J connectivity index is 2.14. The van der Waals surface area contributed by atoms with E-state index < -0.39 is 17.6 Å². The molecule has 0 spiro atoms. The smallest absolute Gasteiger partial charge is 0.416 e. The van der Waals surface area contributed by atoms with Crippen LogP contribution in [0, 0.1) is 0 Å². The normalized spacial score (nSPS) is 11.3. The summed E-state index contributed by atoms with van der Waals surface area (Å²) in [5.74, 6) is -0.582. The highest BCUT2D eigenvalue weighted by Crippen LogP contribution is 2.35. The summed E-state index contributed by atoms with van der Waals surface area (Å²) in [6.45, 7) is 0. The predicted octanol–water partition coefficient (Wildman–Crippen LogP) is 3.12. The Morgan fingerprint density at radius 3 is 2.52 bits per heavy atom. The number of amides is 1. The van der Waals surface area contributed by atoms with Gasteiger partial charge in [-0.2, -0.15) is 13.2 Å². The summed E-state index contributed by atoms with van der Waals surface area (Å²) in [5, 5.41) is 3.20. The van der Waals surface area contributed by atoms with Crippen LogP contribution in [-0.2, 0) is 11.0 Å². The van der Waals surface area contributed by atoms with Crippen molar-refractivity contribution in [3.05, 3.63) is 23.8 Å². The van der Waals surface area contributed by atoms with E-state index in [9.17, 15) is 18.0 Å². The Hall–Kier alpha value is -2.34. The monoisotopic (exact) mass is 419 g/mol. The first-order valence-corrected chi connectivity index (χ1v) is 9.51. The minimum absolute atomic E-state index is 0.0102. The molecular formula is C15H16F3N5O2S2. The molecule has 0 radical (unpaired) electrons. The second-order valence-electron chi connectivity index (χ2n) is 5.06. The summed E-state index contributed by atoms with van der Waals surface area (Å²) < 4.78 is 43.6. The van der Waals surface area contributed by atoms with Crippen molar-refractivity contribution in [2.75, 3.05) is 35.9 Å². The van der Waals surface area contributed by atoms with Gasteiger partial charge in [0.2, 0.25) is 11.9 Å². The molecule has 5 N–H and O–H groups in total. The van der Waals surface area contributed by atoms with Gasteiger partial charge in [-0.05, 0) is 24.5 Å². The van der Waals surface area contributed by atoms with E-state index in [1.54, 1.807) is 6.26 Å². The molecule has 1 amide bonds. The average molecular weight is 419 g/mol. The Morgan fingerprint density at radius 2 is 1.93 bits per heavy atom. The Bertz CT molecular complexity index is 849. The highest BCUT2D eigenvalue weighted by molar-refractivity contribution is 8.00. The first kappa shape index (κ1) is 21.0. The number of nitrogen functional groups attached to an aromatic ring is 2. The number of benzene rings is 1. The molecule has 12 heteroatoms. The molecule has 27 heavy (non-hydrogen) atoms. The van der Waals surface area contributed by atoms with Crippen molar-refractivity contribution in [3.63, 3.8) is 0 Å². The third kappa shape index (κ3) is 5.32. The zero-order chi connectivity index (χ0) is 20.2. The molecule has 0 aliphatic rings. The van der Waals surface area contributed by atoms with Gasteiger partial charge in [0.1, 0.15) is 15.8 Å². The Kier molecular flexibility index (Phi) is 6.65. The standard InChI is InChI=1S/C15H16F3N5O2S2/c1-25-9-4-3-7(15(16,17)18)5-8(9)21-10(24)6-27-13-11(19)12(26-2)22-14(20)23-13/h3-5H,6,19H2,1-2H3,(H,21,24)(H2,20,22,23). The number of nitrogens with one attached hydrogen (secondary N) is 1. The molecule has 146 valence electrons. The van der Waals surface area contributed by atoms with Crippen molar-refractivity contribution in [2.45, 2.75) is 16.2 Å². The molecule has 0 saturated heterocycles. The summed E-state index contributed by atoms with van der Waals surface area (Å²) in [7, 11) is 1.29. The topological polar surface area (TPSA) is 116 Å². The third-order valence-corrected chi connectivity index (χ3v) is 4.92. The number of anilines is 3. The first-order valence-electron chi connectivity index (χ1n) is 7.30. The molecule has 0 atom stereocenters. The van der Waals surface area contributed by atoms with Gasteiger partial charge in [0, 0.05) is 0 Å². The van der Waals surface area contributed by atoms with Gasteiger partial charge in [0.15, 0.2) is 0 Å². The molecule has 1 aromatic carbocycles. The molecule has 0 bridgehead atoms. The number of aromatic nitrogens is 2. The van der Waals surface area contributed by atoms with E-state index in [1.807, 2.05) is 0 Å². The molecule has 0 fully saturated rings. The van der Waals surface area contributed by atoms with E-state index in [2.05, 4.69) is 15.3 Å². The van der Waals surface area contributed by atoms with Crippen LogP contribution in [-0.4, -0.2) is 35.0 Å². The van der Waals surface area contributed by atoms with E-state index >= 15 is 0 Å². The van der Waals surface area contributed by atoms with Gasteiger partial charge in [0.25, 0.3) is 0 Å². The molecule has 0 aliphatic carbocycles. The number of carbonyl (C=O) groups is 1. The van der Waals surface area contributed by atoms with Crippen molar-refractivity contribution in [1.82, 2.24) is 9.97 Å². The lowest BCUT2D eigenvalue weighted by Gasteiger charge is -2.14. The number of rotatable bonds is 6. The van der Waals surface area contributed by atoms with Crippen LogP contribution in [0.25, 0.3) is 0 Å². The molecule has 1 aromatic heterocycles. The lowest BCUT2D eigenvalue weighted by molar-refractivity contribution is -0.137. The molecule has 0 saturated carbocycles. The number of halogens is 3. The zero-order valence-electron chi connectivity index (χ0n) is 14.3. The fourth-order valence-electron chi connectivity index (χ4n) is 2.01. The van der Waals surface area contributed by atoms with E-state index in [1.165, 1.54) is 18.9 Å². The van der Waals surface area contributed by atoms with Gasteiger partial charge in [-0.15, -0.1) is 11.8 Å². The van der Waals surface area contributed by atoms with Gasteiger partial charge in [-0.25, -0.2) is 9.97 Å². The predicted molar refractivity (Wildman–Crippen MR) is 100.0 cm³/mol. The van der Waals surface area contributed by atoms with Crippen LogP contribution < -0.4 is 21.5 Å². The van der Waals surface area contributed by atoms with Crippen molar-refractivity contribution in [1.29, 1.82) is 0 Å². The maximum absolute atomic E-state index is 12.9. The number of hydrogen-bond acceptors (Lipinski definition) is 8. The van der Waals surface area contributed by atoms with Crippen molar-refractivity contribution in [2.24, 2.45) is 0 Å². The highest BCUT2D eigenvalue weighted by atomic mass is 32.2. The van der Waals surface area contributed by atoms with Crippen LogP contribution in [0.5, 0.6) is 5.75 Å². The Morgan fingerprint density at radius 1 is 1.26 bits per heavy atom. The van der Waals surface area contributed by atoms with E-state index in [0.29, 0.717) is 10.1 Å². The minimum atomic E-state index is -4.54. The largest absolute Gasteiger partial charge is 0.495 e. The molecule has 2 rings (SSSR count). The van der Waals surface area contributed by atoms with Crippen LogP contribution in [0.1, 0.15) is 5.56 Å². The van der Waals surface area contributed by atoms with E-state index in [-0.39, 0.29) is 28.8 Å². The third-order valence-electron chi connectivity index (χ3n) is 3.23. The molecular weight excluding hydrogens is 403 g/mol. The second-order valence-corrected chi connectivity index (χ2v) is 6.82. The zero-order valence-corrected chi connectivity index (χ0v) is 15.9. The van der Waals surface area contributed by atoms with E-state index in [0.717, 1.165) is 30.0 Å². The number of alkyl halides is 3. The minimum Gasteiger partial charge on any atom is -0.495 e. The number of hydrogen-bond donors (Lipinski definition) is 3. The summed E-state index contributed by atoms with van der Waals surface area (Å²) in [5.41, 5.74) is 10.8. The second kappa shape index (κ2) is 8.57. The van der Waals surface area contributed by atoms with Crippen LogP contribution in [0.2, 0.25) is 0 Å². The number of nitrogens with zero attached hydrogens (tertiary/aromatic N) is 2. The lowest BCUT2D eigenvalue weighted by Crippen LogP contribution is -2.16. The summed E-state index contributed by atoms with van der Waals surface area (Å²) in [4.78, 5) is 20.1. The highest BCUT2D eigenvalue weighted by Gasteiger charge is 2.31. The van der Waals surface area contributed by atoms with Gasteiger partial charge in [-0.3, -0.25) is 4.79 Å². The van der Waals surface area contributed by atoms with Crippen molar-refractivity contribution < 1.29 is 22.7 Å². The maximum atomic E-state index is 12.9. The summed E-state index contributed by atoms with van der Waals surface area (Å²) >= 11 is 2.27. The van der Waals surface area contributed by atoms with Crippen LogP contribution >= 0.6 is 23.5 Å². The number of nitrogens with two attached hydrogens (primary N) is 2. The first-order chi connectivity index (χ1) is 12.7. The number of thioether (sulfide) groups is 2.